The molecule has 0 atom stereocenters. The summed E-state index contributed by atoms with van der Waals surface area (Å²) in [6.07, 6.45) is 1.23. The SMILES string of the molecule is Cc1c(C(=O)N2CCN(c3ccc([N+](=O)[O-])cn3)CC2)sc(=O)n1C. The topological polar surface area (TPSA) is 102 Å². The normalized spacial score (nSPS) is 14.6. The molecule has 1 fully saturated rings. The van der Waals surface area contributed by atoms with Crippen LogP contribution in [0.1, 0.15) is 15.4 Å². The zero-order valence-corrected chi connectivity index (χ0v) is 14.7. The van der Waals surface area contributed by atoms with Gasteiger partial charge in [-0.2, -0.15) is 0 Å². The molecule has 10 heteroatoms. The first-order valence-electron chi connectivity index (χ1n) is 7.69. The molecule has 0 aliphatic carbocycles. The van der Waals surface area contributed by atoms with E-state index in [0.717, 1.165) is 11.3 Å². The predicted molar refractivity (Wildman–Crippen MR) is 93.3 cm³/mol. The molecule has 3 rings (SSSR count). The largest absolute Gasteiger partial charge is 0.353 e. The van der Waals surface area contributed by atoms with Gasteiger partial charge in [0.2, 0.25) is 0 Å². The molecule has 0 radical (unpaired) electrons. The maximum absolute atomic E-state index is 12.6. The van der Waals surface area contributed by atoms with Gasteiger partial charge in [0.25, 0.3) is 11.6 Å². The molecule has 132 valence electrons. The number of anilines is 1. The van der Waals surface area contributed by atoms with Gasteiger partial charge in [-0.1, -0.05) is 11.3 Å². The molecule has 0 bridgehead atoms. The number of carbonyl (C=O) groups is 1. The molecule has 1 saturated heterocycles. The Kier molecular flexibility index (Phi) is 4.53. The number of piperazine rings is 1. The van der Waals surface area contributed by atoms with Crippen molar-refractivity contribution < 1.29 is 9.72 Å². The summed E-state index contributed by atoms with van der Waals surface area (Å²) in [5.74, 6) is 0.523. The molecule has 1 amide bonds. The molecule has 1 aliphatic rings. The first-order chi connectivity index (χ1) is 11.9. The molecule has 9 nitrogen and oxygen atoms in total. The van der Waals surface area contributed by atoms with Gasteiger partial charge in [-0.15, -0.1) is 0 Å². The summed E-state index contributed by atoms with van der Waals surface area (Å²) >= 11 is 0.971. The van der Waals surface area contributed by atoms with Crippen molar-refractivity contribution in [2.75, 3.05) is 31.1 Å². The maximum Gasteiger partial charge on any atom is 0.307 e. The molecule has 2 aromatic rings. The van der Waals surface area contributed by atoms with E-state index in [0.29, 0.717) is 42.6 Å². The van der Waals surface area contributed by atoms with Crippen molar-refractivity contribution in [3.63, 3.8) is 0 Å². The standard InChI is InChI=1S/C15H17N5O4S/c1-10-13(25-15(22)17(10)2)14(21)19-7-5-18(6-8-19)12-4-3-11(9-16-12)20(23)24/h3-4,9H,5-8H2,1-2H3. The Morgan fingerprint density at radius 1 is 1.28 bits per heavy atom. The van der Waals surface area contributed by atoms with Crippen LogP contribution >= 0.6 is 11.3 Å². The van der Waals surface area contributed by atoms with Crippen molar-refractivity contribution in [3.8, 4) is 0 Å². The van der Waals surface area contributed by atoms with E-state index in [9.17, 15) is 19.7 Å². The van der Waals surface area contributed by atoms with E-state index in [-0.39, 0.29) is 16.5 Å². The van der Waals surface area contributed by atoms with Gasteiger partial charge in [0.15, 0.2) is 0 Å². The minimum atomic E-state index is -0.485. The van der Waals surface area contributed by atoms with Crippen LogP contribution < -0.4 is 9.77 Å². The summed E-state index contributed by atoms with van der Waals surface area (Å²) in [6, 6.07) is 3.04. The molecule has 0 aromatic carbocycles. The van der Waals surface area contributed by atoms with Crippen LogP contribution in [0.15, 0.2) is 23.1 Å². The van der Waals surface area contributed by atoms with Gasteiger partial charge in [-0.25, -0.2) is 4.98 Å². The third kappa shape index (κ3) is 3.25. The lowest BCUT2D eigenvalue weighted by molar-refractivity contribution is -0.385. The fourth-order valence-corrected chi connectivity index (χ4v) is 3.62. The van der Waals surface area contributed by atoms with Crippen LogP contribution in [0.3, 0.4) is 0 Å². The number of rotatable bonds is 3. The molecule has 25 heavy (non-hydrogen) atoms. The number of pyridine rings is 1. The molecule has 0 spiro atoms. The number of amides is 1. The first-order valence-corrected chi connectivity index (χ1v) is 8.51. The quantitative estimate of drug-likeness (QED) is 0.596. The highest BCUT2D eigenvalue weighted by Gasteiger charge is 2.26. The van der Waals surface area contributed by atoms with Crippen LogP contribution in [0, 0.1) is 17.0 Å². The second-order valence-corrected chi connectivity index (χ2v) is 6.71. The summed E-state index contributed by atoms with van der Waals surface area (Å²) in [6.45, 7) is 3.94. The molecule has 0 saturated carbocycles. The first kappa shape index (κ1) is 17.1. The Labute approximate surface area is 147 Å². The fourth-order valence-electron chi connectivity index (χ4n) is 2.67. The van der Waals surface area contributed by atoms with Gasteiger partial charge < -0.3 is 14.4 Å². The van der Waals surface area contributed by atoms with Crippen molar-refractivity contribution in [2.24, 2.45) is 7.05 Å². The van der Waals surface area contributed by atoms with E-state index < -0.39 is 4.92 Å². The number of aromatic nitrogens is 2. The van der Waals surface area contributed by atoms with Gasteiger partial charge in [-0.05, 0) is 13.0 Å². The average molecular weight is 363 g/mol. The van der Waals surface area contributed by atoms with Crippen molar-refractivity contribution in [2.45, 2.75) is 6.92 Å². The second kappa shape index (κ2) is 6.63. The van der Waals surface area contributed by atoms with Crippen molar-refractivity contribution >= 4 is 28.7 Å². The lowest BCUT2D eigenvalue weighted by atomic mass is 10.2. The Balaban J connectivity index is 1.67. The minimum Gasteiger partial charge on any atom is -0.353 e. The maximum atomic E-state index is 12.6. The molecular formula is C15H17N5O4S. The van der Waals surface area contributed by atoms with Gasteiger partial charge in [0.1, 0.15) is 16.9 Å². The molecule has 0 unspecified atom stereocenters. The summed E-state index contributed by atoms with van der Waals surface area (Å²) in [4.78, 5) is 42.7. The second-order valence-electron chi connectivity index (χ2n) is 5.75. The van der Waals surface area contributed by atoms with Crippen LogP contribution in [0.25, 0.3) is 0 Å². The van der Waals surface area contributed by atoms with Gasteiger partial charge in [0, 0.05) is 45.0 Å². The van der Waals surface area contributed by atoms with E-state index in [1.165, 1.54) is 16.8 Å². The summed E-state index contributed by atoms with van der Waals surface area (Å²) < 4.78 is 1.48. The third-order valence-corrected chi connectivity index (χ3v) is 5.45. The number of hydrogen-bond donors (Lipinski definition) is 0. The Morgan fingerprint density at radius 3 is 2.44 bits per heavy atom. The smallest absolute Gasteiger partial charge is 0.307 e. The number of thiazole rings is 1. The Hall–Kier alpha value is -2.75. The lowest BCUT2D eigenvalue weighted by Gasteiger charge is -2.35. The zero-order valence-electron chi connectivity index (χ0n) is 13.8. The van der Waals surface area contributed by atoms with E-state index in [4.69, 9.17) is 0 Å². The van der Waals surface area contributed by atoms with Gasteiger partial charge >= 0.3 is 4.87 Å². The van der Waals surface area contributed by atoms with Gasteiger partial charge in [0.05, 0.1) is 4.92 Å². The van der Waals surface area contributed by atoms with E-state index >= 15 is 0 Å². The number of nitrogens with zero attached hydrogens (tertiary/aromatic N) is 5. The zero-order chi connectivity index (χ0) is 18.1. The van der Waals surface area contributed by atoms with Crippen LogP contribution in [0.2, 0.25) is 0 Å². The third-order valence-electron chi connectivity index (χ3n) is 4.32. The van der Waals surface area contributed by atoms with Crippen LogP contribution in [-0.4, -0.2) is 51.5 Å². The van der Waals surface area contributed by atoms with Crippen LogP contribution in [-0.2, 0) is 7.05 Å². The summed E-state index contributed by atoms with van der Waals surface area (Å²) in [7, 11) is 1.66. The lowest BCUT2D eigenvalue weighted by Crippen LogP contribution is -2.49. The minimum absolute atomic E-state index is 0.0491. The Morgan fingerprint density at radius 2 is 1.96 bits per heavy atom. The van der Waals surface area contributed by atoms with Crippen molar-refractivity contribution in [1.29, 1.82) is 0 Å². The van der Waals surface area contributed by atoms with Crippen molar-refractivity contribution in [3.05, 3.63) is 48.7 Å². The van der Waals surface area contributed by atoms with E-state index in [1.54, 1.807) is 24.9 Å². The molecule has 0 N–H and O–H groups in total. The molecular weight excluding hydrogens is 346 g/mol. The van der Waals surface area contributed by atoms with E-state index in [2.05, 4.69) is 4.98 Å². The molecule has 2 aromatic heterocycles. The monoisotopic (exact) mass is 363 g/mol. The van der Waals surface area contributed by atoms with Crippen LogP contribution in [0.4, 0.5) is 11.5 Å². The highest BCUT2D eigenvalue weighted by atomic mass is 32.1. The number of carbonyl (C=O) groups excluding carboxylic acids is 1. The van der Waals surface area contributed by atoms with Crippen LogP contribution in [0.5, 0.6) is 0 Å². The Bertz CT molecular complexity index is 865. The number of nitro groups is 1. The van der Waals surface area contributed by atoms with Crippen molar-refractivity contribution in [1.82, 2.24) is 14.5 Å². The highest BCUT2D eigenvalue weighted by Crippen LogP contribution is 2.19. The molecule has 1 aliphatic heterocycles. The fraction of sp³-hybridized carbons (Fsp3) is 0.400. The van der Waals surface area contributed by atoms with Gasteiger partial charge in [-0.3, -0.25) is 19.7 Å². The highest BCUT2D eigenvalue weighted by molar-refractivity contribution is 7.11. The van der Waals surface area contributed by atoms with E-state index in [1.807, 2.05) is 4.90 Å². The molecule has 3 heterocycles. The predicted octanol–water partition coefficient (Wildman–Crippen LogP) is 1.02. The summed E-state index contributed by atoms with van der Waals surface area (Å²) in [5.41, 5.74) is 0.631. The average Bonchev–Trinajstić information content (AvgIpc) is 2.89. The number of hydrogen-bond acceptors (Lipinski definition) is 7. The summed E-state index contributed by atoms with van der Waals surface area (Å²) in [5, 5.41) is 10.7.